The molecule has 0 aromatic rings. The lowest BCUT2D eigenvalue weighted by atomic mass is 10.1. The second-order valence-corrected chi connectivity index (χ2v) is 4.51. The van der Waals surface area contributed by atoms with Crippen molar-refractivity contribution in [1.29, 1.82) is 0 Å². The number of hydrogen-bond donors (Lipinski definition) is 1. The van der Waals surface area contributed by atoms with Crippen LogP contribution in [0.15, 0.2) is 0 Å². The molecule has 1 amide bonds. The Hall–Kier alpha value is -0.770. The number of likely N-dealkylation sites (N-methyl/N-ethyl adjacent to an activating group) is 1. The summed E-state index contributed by atoms with van der Waals surface area (Å²) < 4.78 is 4.96. The predicted octanol–water partition coefficient (Wildman–Crippen LogP) is 1.46. The van der Waals surface area contributed by atoms with Gasteiger partial charge in [0.05, 0.1) is 6.10 Å². The Morgan fingerprint density at radius 2 is 1.93 bits per heavy atom. The Morgan fingerprint density at radius 3 is 2.29 bits per heavy atom. The average Bonchev–Trinajstić information content (AvgIpc) is 1.99. The van der Waals surface area contributed by atoms with E-state index in [9.17, 15) is 4.79 Å². The lowest BCUT2D eigenvalue weighted by molar-refractivity contribution is 0.107. The van der Waals surface area contributed by atoms with E-state index in [-0.39, 0.29) is 17.7 Å². The third-order valence-electron chi connectivity index (χ3n) is 2.22. The van der Waals surface area contributed by atoms with Gasteiger partial charge in [-0.15, -0.1) is 0 Å². The first-order valence-electron chi connectivity index (χ1n) is 4.87. The molecule has 0 saturated heterocycles. The lowest BCUT2D eigenvalue weighted by Crippen LogP contribution is -2.48. The van der Waals surface area contributed by atoms with Gasteiger partial charge in [-0.25, -0.2) is 4.79 Å². The van der Waals surface area contributed by atoms with Gasteiger partial charge in [-0.1, -0.05) is 0 Å². The summed E-state index contributed by atoms with van der Waals surface area (Å²) in [6.45, 7) is 8.35. The molecule has 0 bridgehead atoms. The monoisotopic (exact) mass is 202 g/mol. The molecule has 0 heterocycles. The Labute approximate surface area is 86.6 Å². The molecule has 0 rings (SSSR count). The van der Waals surface area contributed by atoms with Crippen LogP contribution in [0.5, 0.6) is 0 Å². The fourth-order valence-corrected chi connectivity index (χ4v) is 0.702. The quantitative estimate of drug-likeness (QED) is 0.750. The van der Waals surface area contributed by atoms with Crippen LogP contribution in [0.1, 0.15) is 27.7 Å². The molecule has 0 aliphatic rings. The van der Waals surface area contributed by atoms with E-state index < -0.39 is 0 Å². The van der Waals surface area contributed by atoms with Crippen molar-refractivity contribution >= 4 is 6.09 Å². The summed E-state index contributed by atoms with van der Waals surface area (Å²) in [6, 6.07) is 0. The van der Waals surface area contributed by atoms with E-state index in [4.69, 9.17) is 4.74 Å². The molecule has 0 aliphatic heterocycles. The van der Waals surface area contributed by atoms with Crippen LogP contribution in [0.3, 0.4) is 0 Å². The number of nitrogens with zero attached hydrogens (tertiary/aromatic N) is 1. The van der Waals surface area contributed by atoms with Gasteiger partial charge in [-0.3, -0.25) is 0 Å². The van der Waals surface area contributed by atoms with Gasteiger partial charge in [0.2, 0.25) is 0 Å². The molecule has 0 aromatic heterocycles. The average molecular weight is 202 g/mol. The predicted molar refractivity (Wildman–Crippen MR) is 57.4 cm³/mol. The summed E-state index contributed by atoms with van der Waals surface area (Å²) >= 11 is 0. The van der Waals surface area contributed by atoms with Gasteiger partial charge in [-0.05, 0) is 41.8 Å². The number of amides is 1. The molecule has 0 aliphatic carbocycles. The Kier molecular flexibility index (Phi) is 4.91. The van der Waals surface area contributed by atoms with Gasteiger partial charge in [0.15, 0.2) is 0 Å². The fraction of sp³-hybridized carbons (Fsp3) is 0.900. The highest BCUT2D eigenvalue weighted by molar-refractivity contribution is 5.67. The van der Waals surface area contributed by atoms with Crippen molar-refractivity contribution in [3.8, 4) is 0 Å². The van der Waals surface area contributed by atoms with Crippen LogP contribution in [0.4, 0.5) is 4.79 Å². The summed E-state index contributed by atoms with van der Waals surface area (Å²) in [5.74, 6) is 0. The molecule has 0 atom stereocenters. The maximum absolute atomic E-state index is 11.2. The van der Waals surface area contributed by atoms with Crippen molar-refractivity contribution in [1.82, 2.24) is 10.2 Å². The Morgan fingerprint density at radius 1 is 1.43 bits per heavy atom. The van der Waals surface area contributed by atoms with Crippen molar-refractivity contribution in [3.63, 3.8) is 0 Å². The topological polar surface area (TPSA) is 41.6 Å². The van der Waals surface area contributed by atoms with Crippen molar-refractivity contribution in [3.05, 3.63) is 0 Å². The van der Waals surface area contributed by atoms with Crippen LogP contribution in [0.25, 0.3) is 0 Å². The van der Waals surface area contributed by atoms with E-state index in [1.54, 1.807) is 0 Å². The minimum absolute atomic E-state index is 0.0595. The molecule has 0 fully saturated rings. The largest absolute Gasteiger partial charge is 0.447 e. The molecule has 0 unspecified atom stereocenters. The fourth-order valence-electron chi connectivity index (χ4n) is 0.702. The SMILES string of the molecule is CC(C)OC(=O)NCC(C)(C)N(C)C. The highest BCUT2D eigenvalue weighted by Crippen LogP contribution is 2.07. The van der Waals surface area contributed by atoms with Gasteiger partial charge in [0.25, 0.3) is 0 Å². The first-order chi connectivity index (χ1) is 6.25. The summed E-state index contributed by atoms with van der Waals surface area (Å²) in [5, 5.41) is 2.73. The minimum atomic E-state index is -0.352. The van der Waals surface area contributed by atoms with Gasteiger partial charge < -0.3 is 15.0 Å². The van der Waals surface area contributed by atoms with Crippen LogP contribution >= 0.6 is 0 Å². The van der Waals surface area contributed by atoms with E-state index in [1.165, 1.54) is 0 Å². The number of ether oxygens (including phenoxy) is 1. The van der Waals surface area contributed by atoms with Gasteiger partial charge in [0.1, 0.15) is 0 Å². The van der Waals surface area contributed by atoms with Crippen molar-refractivity contribution < 1.29 is 9.53 Å². The maximum Gasteiger partial charge on any atom is 0.407 e. The lowest BCUT2D eigenvalue weighted by Gasteiger charge is -2.32. The van der Waals surface area contributed by atoms with Gasteiger partial charge in [-0.2, -0.15) is 0 Å². The highest BCUT2D eigenvalue weighted by Gasteiger charge is 2.21. The second-order valence-electron chi connectivity index (χ2n) is 4.51. The molecule has 0 spiro atoms. The zero-order valence-corrected chi connectivity index (χ0v) is 10.0. The number of hydrogen-bond acceptors (Lipinski definition) is 3. The van der Waals surface area contributed by atoms with E-state index in [1.807, 2.05) is 27.9 Å². The molecular formula is C10H22N2O2. The van der Waals surface area contributed by atoms with Crippen molar-refractivity contribution in [2.45, 2.75) is 39.3 Å². The molecule has 0 radical (unpaired) electrons. The molecule has 0 aromatic carbocycles. The number of carbonyl (C=O) groups is 1. The highest BCUT2D eigenvalue weighted by atomic mass is 16.6. The first-order valence-corrected chi connectivity index (χ1v) is 4.87. The summed E-state index contributed by atoms with van der Waals surface area (Å²) in [6.07, 6.45) is -0.424. The molecule has 1 N–H and O–H groups in total. The summed E-state index contributed by atoms with van der Waals surface area (Å²) in [7, 11) is 3.96. The van der Waals surface area contributed by atoms with Crippen molar-refractivity contribution in [2.24, 2.45) is 0 Å². The van der Waals surface area contributed by atoms with Crippen LogP contribution < -0.4 is 5.32 Å². The zero-order chi connectivity index (χ0) is 11.4. The molecule has 84 valence electrons. The van der Waals surface area contributed by atoms with Crippen LogP contribution in [0, 0.1) is 0 Å². The molecule has 0 saturated carbocycles. The molecule has 14 heavy (non-hydrogen) atoms. The smallest absolute Gasteiger partial charge is 0.407 e. The second kappa shape index (κ2) is 5.20. The number of nitrogens with one attached hydrogen (secondary N) is 1. The summed E-state index contributed by atoms with van der Waals surface area (Å²) in [4.78, 5) is 13.2. The van der Waals surface area contributed by atoms with Crippen molar-refractivity contribution in [2.75, 3.05) is 20.6 Å². The third-order valence-corrected chi connectivity index (χ3v) is 2.22. The third kappa shape index (κ3) is 5.07. The summed E-state index contributed by atoms with van der Waals surface area (Å²) in [5.41, 5.74) is -0.0595. The Balaban J connectivity index is 3.88. The van der Waals surface area contributed by atoms with Crippen LogP contribution in [0.2, 0.25) is 0 Å². The minimum Gasteiger partial charge on any atom is -0.447 e. The zero-order valence-electron chi connectivity index (χ0n) is 10.0. The normalized spacial score (nSPS) is 12.0. The Bertz CT molecular complexity index is 189. The molecule has 4 heteroatoms. The van der Waals surface area contributed by atoms with E-state index in [2.05, 4.69) is 24.1 Å². The number of carbonyl (C=O) groups excluding carboxylic acids is 1. The number of rotatable bonds is 4. The first kappa shape index (κ1) is 13.2. The van der Waals surface area contributed by atoms with Crippen LogP contribution in [-0.2, 0) is 4.74 Å². The number of alkyl carbamates (subject to hydrolysis) is 1. The van der Waals surface area contributed by atoms with Gasteiger partial charge >= 0.3 is 6.09 Å². The van der Waals surface area contributed by atoms with E-state index >= 15 is 0 Å². The maximum atomic E-state index is 11.2. The standard InChI is InChI=1S/C10H22N2O2/c1-8(2)14-9(13)11-7-10(3,4)12(5)6/h8H,7H2,1-6H3,(H,11,13). The van der Waals surface area contributed by atoms with E-state index in [0.29, 0.717) is 6.54 Å². The van der Waals surface area contributed by atoms with E-state index in [0.717, 1.165) is 0 Å². The molecular weight excluding hydrogens is 180 g/mol. The van der Waals surface area contributed by atoms with Gasteiger partial charge in [0, 0.05) is 12.1 Å². The molecule has 4 nitrogen and oxygen atoms in total. The van der Waals surface area contributed by atoms with Crippen LogP contribution in [-0.4, -0.2) is 43.3 Å².